The number of nitrogen functional groups attached to an aromatic ring is 1. The van der Waals surface area contributed by atoms with E-state index in [2.05, 4.69) is 10.6 Å². The van der Waals surface area contributed by atoms with Gasteiger partial charge in [0, 0.05) is 24.7 Å². The molecular formula is C12H16FN3O. The number of carbonyl (C=O) groups is 1. The third-order valence-corrected chi connectivity index (χ3v) is 2.68. The summed E-state index contributed by atoms with van der Waals surface area (Å²) in [4.78, 5) is 11.3. The fourth-order valence-corrected chi connectivity index (χ4v) is 1.55. The van der Waals surface area contributed by atoms with Crippen LogP contribution in [0.15, 0.2) is 18.2 Å². The van der Waals surface area contributed by atoms with Crippen molar-refractivity contribution in [3.8, 4) is 0 Å². The molecule has 1 aliphatic carbocycles. The van der Waals surface area contributed by atoms with Gasteiger partial charge in [0.05, 0.1) is 5.69 Å². The Morgan fingerprint density at radius 2 is 2.18 bits per heavy atom. The second-order valence-corrected chi connectivity index (χ2v) is 4.23. The molecule has 1 aliphatic rings. The second kappa shape index (κ2) is 5.03. The Hall–Kier alpha value is -1.78. The molecule has 17 heavy (non-hydrogen) atoms. The quantitative estimate of drug-likeness (QED) is 0.535. The number of anilines is 2. The molecule has 0 unspecified atom stereocenters. The summed E-state index contributed by atoms with van der Waals surface area (Å²) in [6.45, 7) is 0.998. The zero-order valence-corrected chi connectivity index (χ0v) is 9.50. The first-order valence-electron chi connectivity index (χ1n) is 5.73. The minimum atomic E-state index is -0.376. The lowest BCUT2D eigenvalue weighted by atomic mass is 10.2. The Labute approximate surface area is 99.4 Å². The lowest BCUT2D eigenvalue weighted by molar-refractivity contribution is -0.122. The van der Waals surface area contributed by atoms with Crippen LogP contribution < -0.4 is 16.4 Å². The number of carbonyl (C=O) groups excluding carboxylic acids is 1. The van der Waals surface area contributed by atoms with Crippen molar-refractivity contribution in [2.75, 3.05) is 24.1 Å². The van der Waals surface area contributed by atoms with Crippen molar-refractivity contribution in [3.05, 3.63) is 24.0 Å². The van der Waals surface area contributed by atoms with E-state index in [1.807, 2.05) is 0 Å². The Balaban J connectivity index is 1.72. The summed E-state index contributed by atoms with van der Waals surface area (Å²) < 4.78 is 13.3. The Bertz CT molecular complexity index is 418. The maximum absolute atomic E-state index is 13.3. The van der Waals surface area contributed by atoms with E-state index in [-0.39, 0.29) is 17.6 Å². The zero-order chi connectivity index (χ0) is 12.3. The van der Waals surface area contributed by atoms with Gasteiger partial charge in [0.1, 0.15) is 5.82 Å². The fraction of sp³-hybridized carbons (Fsp3) is 0.417. The van der Waals surface area contributed by atoms with Crippen molar-refractivity contribution < 1.29 is 9.18 Å². The van der Waals surface area contributed by atoms with Crippen LogP contribution in [0.5, 0.6) is 0 Å². The van der Waals surface area contributed by atoms with Crippen LogP contribution in [0.2, 0.25) is 0 Å². The molecule has 1 aromatic carbocycles. The van der Waals surface area contributed by atoms with Gasteiger partial charge >= 0.3 is 0 Å². The molecule has 0 aliphatic heterocycles. The number of nitrogens with one attached hydrogen (secondary N) is 2. The number of halogens is 1. The van der Waals surface area contributed by atoms with Gasteiger partial charge in [-0.15, -0.1) is 0 Å². The predicted octanol–water partition coefficient (Wildman–Crippen LogP) is 1.35. The van der Waals surface area contributed by atoms with E-state index in [1.54, 1.807) is 12.1 Å². The van der Waals surface area contributed by atoms with Crippen LogP contribution in [-0.2, 0) is 4.79 Å². The molecule has 0 aromatic heterocycles. The van der Waals surface area contributed by atoms with Crippen molar-refractivity contribution in [2.24, 2.45) is 5.92 Å². The lowest BCUT2D eigenvalue weighted by Gasteiger charge is -2.08. The van der Waals surface area contributed by atoms with Gasteiger partial charge in [-0.25, -0.2) is 4.39 Å². The maximum atomic E-state index is 13.3. The number of hydrogen-bond donors (Lipinski definition) is 3. The second-order valence-electron chi connectivity index (χ2n) is 4.23. The molecule has 0 heterocycles. The van der Waals surface area contributed by atoms with Crippen LogP contribution in [0, 0.1) is 11.7 Å². The molecule has 1 amide bonds. The van der Waals surface area contributed by atoms with Crippen LogP contribution >= 0.6 is 0 Å². The van der Waals surface area contributed by atoms with Gasteiger partial charge in [-0.1, -0.05) is 0 Å². The summed E-state index contributed by atoms with van der Waals surface area (Å²) in [7, 11) is 0. The highest BCUT2D eigenvalue weighted by molar-refractivity contribution is 5.80. The molecule has 0 spiro atoms. The van der Waals surface area contributed by atoms with E-state index < -0.39 is 0 Å². The van der Waals surface area contributed by atoms with Gasteiger partial charge in [-0.2, -0.15) is 0 Å². The summed E-state index contributed by atoms with van der Waals surface area (Å²) in [5, 5.41) is 5.71. The van der Waals surface area contributed by atoms with Crippen molar-refractivity contribution in [1.82, 2.24) is 5.32 Å². The highest BCUT2D eigenvalue weighted by Crippen LogP contribution is 2.28. The molecule has 1 saturated carbocycles. The number of amides is 1. The molecule has 4 nitrogen and oxygen atoms in total. The molecule has 92 valence electrons. The van der Waals surface area contributed by atoms with E-state index >= 15 is 0 Å². The van der Waals surface area contributed by atoms with E-state index in [1.165, 1.54) is 6.07 Å². The number of rotatable bonds is 5. The molecule has 1 aromatic rings. The average molecular weight is 237 g/mol. The van der Waals surface area contributed by atoms with E-state index in [4.69, 9.17) is 5.73 Å². The molecule has 0 bridgehead atoms. The van der Waals surface area contributed by atoms with Crippen molar-refractivity contribution >= 4 is 17.3 Å². The van der Waals surface area contributed by atoms with Gasteiger partial charge in [0.25, 0.3) is 0 Å². The van der Waals surface area contributed by atoms with E-state index in [9.17, 15) is 9.18 Å². The minimum Gasteiger partial charge on any atom is -0.399 e. The molecule has 1 fully saturated rings. The first kappa shape index (κ1) is 11.7. The fourth-order valence-electron chi connectivity index (χ4n) is 1.55. The average Bonchev–Trinajstić information content (AvgIpc) is 3.10. The molecule has 4 N–H and O–H groups in total. The van der Waals surface area contributed by atoms with E-state index in [0.29, 0.717) is 24.5 Å². The molecule has 0 radical (unpaired) electrons. The van der Waals surface area contributed by atoms with Crippen molar-refractivity contribution in [2.45, 2.75) is 12.8 Å². The standard InChI is InChI=1S/C12H16FN3O/c13-10-7-9(14)3-4-11(10)15-5-6-16-12(17)8-1-2-8/h3-4,7-8,15H,1-2,5-6,14H2,(H,16,17). The predicted molar refractivity (Wildman–Crippen MR) is 65.0 cm³/mol. The zero-order valence-electron chi connectivity index (χ0n) is 9.50. The largest absolute Gasteiger partial charge is 0.399 e. The summed E-state index contributed by atoms with van der Waals surface area (Å²) >= 11 is 0. The SMILES string of the molecule is Nc1ccc(NCCNC(=O)C2CC2)c(F)c1. The summed E-state index contributed by atoms with van der Waals surface area (Å²) in [5.74, 6) is -0.0636. The first-order valence-corrected chi connectivity index (χ1v) is 5.73. The van der Waals surface area contributed by atoms with Gasteiger partial charge in [-0.05, 0) is 31.0 Å². The maximum Gasteiger partial charge on any atom is 0.223 e. The molecule has 0 saturated heterocycles. The minimum absolute atomic E-state index is 0.101. The van der Waals surface area contributed by atoms with Crippen molar-refractivity contribution in [3.63, 3.8) is 0 Å². The summed E-state index contributed by atoms with van der Waals surface area (Å²) in [6.07, 6.45) is 1.98. The smallest absolute Gasteiger partial charge is 0.223 e. The third kappa shape index (κ3) is 3.34. The molecule has 0 atom stereocenters. The van der Waals surface area contributed by atoms with E-state index in [0.717, 1.165) is 12.8 Å². The molecule has 5 heteroatoms. The van der Waals surface area contributed by atoms with Gasteiger partial charge < -0.3 is 16.4 Å². The van der Waals surface area contributed by atoms with Crippen LogP contribution in [0.4, 0.5) is 15.8 Å². The summed E-state index contributed by atoms with van der Waals surface area (Å²) in [6, 6.07) is 4.49. The number of nitrogens with two attached hydrogens (primary N) is 1. The highest BCUT2D eigenvalue weighted by Gasteiger charge is 2.28. The number of benzene rings is 1. The topological polar surface area (TPSA) is 67.2 Å². The van der Waals surface area contributed by atoms with Crippen molar-refractivity contribution in [1.29, 1.82) is 0 Å². The molecule has 2 rings (SSSR count). The monoisotopic (exact) mass is 237 g/mol. The Kier molecular flexibility index (Phi) is 3.46. The highest BCUT2D eigenvalue weighted by atomic mass is 19.1. The van der Waals surface area contributed by atoms with Crippen LogP contribution in [-0.4, -0.2) is 19.0 Å². The Morgan fingerprint density at radius 1 is 1.41 bits per heavy atom. The number of hydrogen-bond acceptors (Lipinski definition) is 3. The van der Waals surface area contributed by atoms with Gasteiger partial charge in [-0.3, -0.25) is 4.79 Å². The van der Waals surface area contributed by atoms with Crippen LogP contribution in [0.3, 0.4) is 0 Å². The first-order chi connectivity index (χ1) is 8.16. The lowest BCUT2D eigenvalue weighted by Crippen LogP contribution is -2.29. The van der Waals surface area contributed by atoms with Crippen LogP contribution in [0.1, 0.15) is 12.8 Å². The third-order valence-electron chi connectivity index (χ3n) is 2.68. The Morgan fingerprint density at radius 3 is 2.82 bits per heavy atom. The van der Waals surface area contributed by atoms with Gasteiger partial charge in [0.15, 0.2) is 0 Å². The normalized spacial score (nSPS) is 14.4. The molecular weight excluding hydrogens is 221 g/mol. The van der Waals surface area contributed by atoms with Gasteiger partial charge in [0.2, 0.25) is 5.91 Å². The summed E-state index contributed by atoms with van der Waals surface area (Å²) in [5.41, 5.74) is 6.24. The van der Waals surface area contributed by atoms with Crippen LogP contribution in [0.25, 0.3) is 0 Å².